The van der Waals surface area contributed by atoms with E-state index in [9.17, 15) is 27.9 Å². The van der Waals surface area contributed by atoms with E-state index in [4.69, 9.17) is 10.5 Å². The summed E-state index contributed by atoms with van der Waals surface area (Å²) in [4.78, 5) is 35.5. The number of phenols is 1. The quantitative estimate of drug-likeness (QED) is 0.248. The Balaban J connectivity index is 1.40. The van der Waals surface area contributed by atoms with E-state index in [-0.39, 0.29) is 42.4 Å². The van der Waals surface area contributed by atoms with Crippen molar-refractivity contribution in [3.63, 3.8) is 0 Å². The lowest BCUT2D eigenvalue weighted by molar-refractivity contribution is -0.122. The highest BCUT2D eigenvalue weighted by Crippen LogP contribution is 2.30. The number of methoxy groups -OCH3 is 1. The van der Waals surface area contributed by atoms with E-state index in [0.717, 1.165) is 5.56 Å². The fourth-order valence-corrected chi connectivity index (χ4v) is 5.19. The van der Waals surface area contributed by atoms with Crippen molar-refractivity contribution in [3.8, 4) is 11.5 Å². The van der Waals surface area contributed by atoms with Crippen molar-refractivity contribution < 1.29 is 37.4 Å². The van der Waals surface area contributed by atoms with E-state index in [1.54, 1.807) is 36.4 Å². The molecule has 1 aliphatic heterocycles. The van der Waals surface area contributed by atoms with Gasteiger partial charge < -0.3 is 25.6 Å². The third kappa shape index (κ3) is 6.73. The van der Waals surface area contributed by atoms with Gasteiger partial charge in [0.1, 0.15) is 22.3 Å². The maximum absolute atomic E-state index is 12.3. The first-order chi connectivity index (χ1) is 17.1. The van der Waals surface area contributed by atoms with Crippen LogP contribution in [0.4, 0.5) is 0 Å². The Bertz CT molecular complexity index is 1210. The zero-order chi connectivity index (χ0) is 26.3. The van der Waals surface area contributed by atoms with Crippen LogP contribution >= 0.6 is 0 Å². The van der Waals surface area contributed by atoms with Gasteiger partial charge >= 0.3 is 5.97 Å². The number of rotatable bonds is 11. The zero-order valence-electron chi connectivity index (χ0n) is 19.7. The minimum atomic E-state index is -3.71. The maximum Gasteiger partial charge on any atom is 0.345 e. The number of aromatic hydroxyl groups is 1. The molecule has 2 amide bonds. The van der Waals surface area contributed by atoms with Gasteiger partial charge in [-0.25, -0.2) is 13.2 Å². The minimum absolute atomic E-state index is 0.0395. The molecule has 2 aromatic rings. The molecule has 1 heterocycles. The van der Waals surface area contributed by atoms with Crippen LogP contribution < -0.4 is 20.5 Å². The van der Waals surface area contributed by atoms with Crippen LogP contribution in [0.1, 0.15) is 46.0 Å². The van der Waals surface area contributed by atoms with E-state index in [0.29, 0.717) is 24.9 Å². The molecule has 2 atom stereocenters. The summed E-state index contributed by atoms with van der Waals surface area (Å²) in [5, 5.41) is 11.7. The molecule has 5 N–H and O–H groups in total. The Labute approximate surface area is 209 Å². The molecule has 11 nitrogen and oxygen atoms in total. The topological polar surface area (TPSA) is 174 Å². The fourth-order valence-electron chi connectivity index (χ4n) is 3.76. The van der Waals surface area contributed by atoms with Crippen LogP contribution in [0.15, 0.2) is 42.5 Å². The summed E-state index contributed by atoms with van der Waals surface area (Å²) in [5.41, 5.74) is 7.23. The highest BCUT2D eigenvalue weighted by atomic mass is 32.2. The highest BCUT2D eigenvalue weighted by molar-refractivity contribution is 7.90. The Morgan fingerprint density at radius 2 is 1.92 bits per heavy atom. The maximum atomic E-state index is 12.3. The molecular formula is C24H29N3O8S. The first-order valence-electron chi connectivity index (χ1n) is 11.3. The summed E-state index contributed by atoms with van der Waals surface area (Å²) in [6, 6.07) is 10.3. The predicted octanol–water partition coefficient (Wildman–Crippen LogP) is 0.915. The highest BCUT2D eigenvalue weighted by Gasteiger charge is 2.37. The molecule has 2 aromatic carbocycles. The summed E-state index contributed by atoms with van der Waals surface area (Å²) in [5.74, 6) is -1.57. The van der Waals surface area contributed by atoms with Gasteiger partial charge in [0.25, 0.3) is 0 Å². The van der Waals surface area contributed by atoms with Gasteiger partial charge in [0, 0.05) is 6.54 Å². The number of nitrogens with one attached hydrogen (secondary N) is 2. The number of benzene rings is 2. The average Bonchev–Trinajstić information content (AvgIpc) is 3.12. The number of carbonyl (C=O) groups excluding carboxylic acids is 3. The van der Waals surface area contributed by atoms with Crippen molar-refractivity contribution in [1.29, 1.82) is 0 Å². The first kappa shape index (κ1) is 27.0. The second-order valence-electron chi connectivity index (χ2n) is 8.30. The van der Waals surface area contributed by atoms with Crippen LogP contribution in [-0.2, 0) is 30.8 Å². The number of hydrogen-bond donors (Lipinski definition) is 4. The van der Waals surface area contributed by atoms with Crippen molar-refractivity contribution in [2.24, 2.45) is 5.73 Å². The Morgan fingerprint density at radius 3 is 2.56 bits per heavy atom. The lowest BCUT2D eigenvalue weighted by Crippen LogP contribution is -2.42. The van der Waals surface area contributed by atoms with Gasteiger partial charge in [-0.1, -0.05) is 30.3 Å². The number of phenolic OH excluding ortho intramolecular Hbond substituents is 1. The number of amides is 2. The van der Waals surface area contributed by atoms with Crippen LogP contribution in [0.25, 0.3) is 0 Å². The van der Waals surface area contributed by atoms with Crippen molar-refractivity contribution in [3.05, 3.63) is 59.2 Å². The summed E-state index contributed by atoms with van der Waals surface area (Å²) in [6.45, 7) is 0.638. The number of nitrogens with two attached hydrogens (primary N) is 1. The summed E-state index contributed by atoms with van der Waals surface area (Å²) in [6.07, 6.45) is 1.32. The second kappa shape index (κ2) is 11.9. The van der Waals surface area contributed by atoms with Crippen molar-refractivity contribution in [2.45, 2.75) is 37.0 Å². The van der Waals surface area contributed by atoms with E-state index >= 15 is 0 Å². The van der Waals surface area contributed by atoms with Gasteiger partial charge in [-0.05, 0) is 42.5 Å². The summed E-state index contributed by atoms with van der Waals surface area (Å²) in [7, 11) is -2.50. The molecule has 0 aromatic heterocycles. The molecule has 3 rings (SSSR count). The van der Waals surface area contributed by atoms with E-state index in [1.807, 2.05) is 4.72 Å². The van der Waals surface area contributed by atoms with Crippen LogP contribution in [0.3, 0.4) is 0 Å². The molecule has 194 valence electrons. The molecule has 0 saturated carbocycles. The van der Waals surface area contributed by atoms with Crippen molar-refractivity contribution in [2.75, 3.05) is 20.3 Å². The molecule has 1 saturated heterocycles. The van der Waals surface area contributed by atoms with Crippen LogP contribution in [0.5, 0.6) is 11.5 Å². The van der Waals surface area contributed by atoms with E-state index in [1.165, 1.54) is 13.2 Å². The number of hydrogen-bond acceptors (Lipinski definition) is 9. The molecular weight excluding hydrogens is 490 g/mol. The second-order valence-corrected chi connectivity index (χ2v) is 10.2. The lowest BCUT2D eigenvalue weighted by atomic mass is 10.0. The van der Waals surface area contributed by atoms with Crippen LogP contribution in [0.2, 0.25) is 0 Å². The van der Waals surface area contributed by atoms with Gasteiger partial charge in [0.15, 0.2) is 0 Å². The van der Waals surface area contributed by atoms with Gasteiger partial charge in [0.05, 0.1) is 26.2 Å². The van der Waals surface area contributed by atoms with Gasteiger partial charge in [0.2, 0.25) is 21.8 Å². The van der Waals surface area contributed by atoms with E-state index in [2.05, 4.69) is 10.1 Å². The largest absolute Gasteiger partial charge is 0.507 e. The molecule has 1 aliphatic rings. The minimum Gasteiger partial charge on any atom is -0.507 e. The van der Waals surface area contributed by atoms with Gasteiger partial charge in [-0.3, -0.25) is 14.3 Å². The predicted molar refractivity (Wildman–Crippen MR) is 130 cm³/mol. The summed E-state index contributed by atoms with van der Waals surface area (Å²) < 4.78 is 36.2. The number of sulfonamides is 1. The zero-order valence-corrected chi connectivity index (χ0v) is 20.5. The number of unbranched alkanes of at least 4 members (excludes halogenated alkanes) is 1. The van der Waals surface area contributed by atoms with Crippen molar-refractivity contribution >= 4 is 27.8 Å². The molecule has 1 fully saturated rings. The van der Waals surface area contributed by atoms with Crippen molar-refractivity contribution in [1.82, 2.24) is 10.0 Å². The van der Waals surface area contributed by atoms with Gasteiger partial charge in [-0.2, -0.15) is 0 Å². The standard InChI is InChI=1S/C24H29N3O8S/c1-34-24(31)22-18(28)5-4-6-19(22)35-12-3-2-11-26-23(30)17(25)13-15-7-9-16(10-8-15)20-14-21(29)27-36(20,32)33/h4-10,17,20,28H,2-3,11-14,25H2,1H3,(H,26,30)(H,27,29)/t17-,20?/m0/s1. The number of ether oxygens (including phenoxy) is 2. The third-order valence-corrected chi connectivity index (χ3v) is 7.37. The molecule has 0 spiro atoms. The first-order valence-corrected chi connectivity index (χ1v) is 12.9. The Morgan fingerprint density at radius 1 is 1.19 bits per heavy atom. The smallest absolute Gasteiger partial charge is 0.345 e. The Kier molecular flexibility index (Phi) is 8.88. The normalized spacial score (nSPS) is 17.2. The molecule has 0 aliphatic carbocycles. The lowest BCUT2D eigenvalue weighted by Gasteiger charge is -2.14. The van der Waals surface area contributed by atoms with Crippen LogP contribution in [0, 0.1) is 0 Å². The number of esters is 1. The molecule has 0 bridgehead atoms. The molecule has 1 unspecified atom stereocenters. The van der Waals surface area contributed by atoms with Crippen LogP contribution in [-0.4, -0.2) is 57.6 Å². The SMILES string of the molecule is COC(=O)c1c(O)cccc1OCCCCNC(=O)[C@@H](N)Cc1ccc(C2CC(=O)NS2(=O)=O)cc1. The molecule has 36 heavy (non-hydrogen) atoms. The molecule has 0 radical (unpaired) electrons. The Hall–Kier alpha value is -3.64. The number of carbonyl (C=O) groups is 3. The summed E-state index contributed by atoms with van der Waals surface area (Å²) >= 11 is 0. The third-order valence-electron chi connectivity index (χ3n) is 5.67. The molecule has 12 heteroatoms. The van der Waals surface area contributed by atoms with E-state index < -0.39 is 33.2 Å². The monoisotopic (exact) mass is 519 g/mol. The van der Waals surface area contributed by atoms with Gasteiger partial charge in [-0.15, -0.1) is 0 Å². The average molecular weight is 520 g/mol. The fraction of sp³-hybridized carbons (Fsp3) is 0.375.